The third-order valence-electron chi connectivity index (χ3n) is 3.71. The highest BCUT2D eigenvalue weighted by Gasteiger charge is 2.55. The second-order valence-corrected chi connectivity index (χ2v) is 4.89. The Labute approximate surface area is 120 Å². The average molecular weight is 302 g/mol. The predicted octanol–water partition coefficient (Wildman–Crippen LogP) is -1.41. The molecule has 0 saturated carbocycles. The lowest BCUT2D eigenvalue weighted by Gasteiger charge is -2.29. The first-order chi connectivity index (χ1) is 9.99. The van der Waals surface area contributed by atoms with Crippen LogP contribution in [-0.2, 0) is 4.74 Å². The number of rotatable bonds is 5. The minimum atomic E-state index is -1.85. The lowest BCUT2D eigenvalue weighted by molar-refractivity contribution is -0.108. The molecule has 1 aliphatic heterocycles. The van der Waals surface area contributed by atoms with Crippen LogP contribution >= 0.6 is 0 Å². The molecule has 2 heterocycles. The summed E-state index contributed by atoms with van der Waals surface area (Å²) in [6, 6.07) is 1.48. The second kappa shape index (κ2) is 6.06. The highest BCUT2D eigenvalue weighted by atomic mass is 19.1. The molecule has 1 fully saturated rings. The standard InChI is InChI=1S/C12H19FN4O4/c1-15-7-2-4-17(11(20)16-7)10-8(13)9(19)12(6-14,21-10)3-5-18/h2,4,8-10,18-19H,3,5-6,14H2,1H3,(H,15,16,20)/t8-,9+,10?,12+/m1/s1. The van der Waals surface area contributed by atoms with Crippen LogP contribution in [-0.4, -0.2) is 57.8 Å². The van der Waals surface area contributed by atoms with Gasteiger partial charge in [-0.2, -0.15) is 4.98 Å². The third-order valence-corrected chi connectivity index (χ3v) is 3.71. The van der Waals surface area contributed by atoms with Gasteiger partial charge in [0.1, 0.15) is 17.5 Å². The van der Waals surface area contributed by atoms with E-state index in [0.717, 1.165) is 4.57 Å². The Balaban J connectivity index is 2.35. The van der Waals surface area contributed by atoms with Gasteiger partial charge in [0.2, 0.25) is 0 Å². The Morgan fingerprint density at radius 2 is 2.38 bits per heavy atom. The normalized spacial score (nSPS) is 32.3. The topological polar surface area (TPSA) is 123 Å². The van der Waals surface area contributed by atoms with Gasteiger partial charge in [0, 0.05) is 32.8 Å². The van der Waals surface area contributed by atoms with Crippen LogP contribution in [0.3, 0.4) is 0 Å². The van der Waals surface area contributed by atoms with Crippen molar-refractivity contribution in [2.75, 3.05) is 25.5 Å². The number of halogens is 1. The quantitative estimate of drug-likeness (QED) is 0.527. The van der Waals surface area contributed by atoms with Crippen LogP contribution < -0.4 is 16.7 Å². The van der Waals surface area contributed by atoms with Gasteiger partial charge in [-0.1, -0.05) is 0 Å². The summed E-state index contributed by atoms with van der Waals surface area (Å²) in [5.41, 5.74) is 3.43. The largest absolute Gasteiger partial charge is 0.396 e. The van der Waals surface area contributed by atoms with Crippen LogP contribution in [0.15, 0.2) is 17.1 Å². The number of nitrogens with two attached hydrogens (primary N) is 1. The number of aromatic nitrogens is 2. The SMILES string of the molecule is CNc1ccn(C2O[C@](CN)(CCO)[C@@H](O)[C@H]2F)c(=O)n1. The van der Waals surface area contributed by atoms with Gasteiger partial charge < -0.3 is 26.0 Å². The van der Waals surface area contributed by atoms with Gasteiger partial charge in [-0.3, -0.25) is 4.57 Å². The molecule has 2 rings (SSSR count). The molecule has 0 amide bonds. The van der Waals surface area contributed by atoms with E-state index in [4.69, 9.17) is 15.6 Å². The van der Waals surface area contributed by atoms with Gasteiger partial charge in [-0.25, -0.2) is 9.18 Å². The predicted molar refractivity (Wildman–Crippen MR) is 72.6 cm³/mol. The molecule has 9 heteroatoms. The Hall–Kier alpha value is -1.55. The summed E-state index contributed by atoms with van der Waals surface area (Å²) < 4.78 is 20.8. The molecular formula is C12H19FN4O4. The summed E-state index contributed by atoms with van der Waals surface area (Å²) in [6.45, 7) is -0.498. The number of anilines is 1. The molecule has 118 valence electrons. The third kappa shape index (κ3) is 2.64. The maximum atomic E-state index is 14.3. The van der Waals surface area contributed by atoms with Gasteiger partial charge in [0.05, 0.1) is 0 Å². The van der Waals surface area contributed by atoms with Crippen molar-refractivity contribution in [1.29, 1.82) is 0 Å². The van der Waals surface area contributed by atoms with Crippen molar-refractivity contribution in [2.45, 2.75) is 30.5 Å². The Bertz CT molecular complexity index is 554. The fourth-order valence-corrected chi connectivity index (χ4v) is 2.44. The molecule has 0 spiro atoms. The zero-order valence-electron chi connectivity index (χ0n) is 11.6. The number of ether oxygens (including phenoxy) is 1. The lowest BCUT2D eigenvalue weighted by atomic mass is 9.92. The molecule has 0 aromatic carbocycles. The first-order valence-electron chi connectivity index (χ1n) is 6.57. The summed E-state index contributed by atoms with van der Waals surface area (Å²) in [7, 11) is 1.60. The van der Waals surface area contributed by atoms with Crippen LogP contribution in [0.2, 0.25) is 0 Å². The van der Waals surface area contributed by atoms with Crippen LogP contribution in [0.5, 0.6) is 0 Å². The van der Waals surface area contributed by atoms with Gasteiger partial charge >= 0.3 is 5.69 Å². The van der Waals surface area contributed by atoms with Gasteiger partial charge in [0.25, 0.3) is 0 Å². The van der Waals surface area contributed by atoms with E-state index in [0.29, 0.717) is 5.82 Å². The zero-order chi connectivity index (χ0) is 15.6. The van der Waals surface area contributed by atoms with Crippen molar-refractivity contribution < 1.29 is 19.3 Å². The number of alkyl halides is 1. The number of aliphatic hydroxyl groups is 2. The number of hydrogen-bond donors (Lipinski definition) is 4. The first-order valence-corrected chi connectivity index (χ1v) is 6.57. The molecule has 1 unspecified atom stereocenters. The molecule has 1 aromatic heterocycles. The summed E-state index contributed by atoms with van der Waals surface area (Å²) >= 11 is 0. The number of aliphatic hydroxyl groups excluding tert-OH is 2. The Morgan fingerprint density at radius 3 is 2.90 bits per heavy atom. The van der Waals surface area contributed by atoms with Crippen LogP contribution in [0.25, 0.3) is 0 Å². The molecule has 5 N–H and O–H groups in total. The molecule has 0 aliphatic carbocycles. The Morgan fingerprint density at radius 1 is 1.67 bits per heavy atom. The summed E-state index contributed by atoms with van der Waals surface area (Å²) in [5.74, 6) is 0.339. The molecule has 1 aromatic rings. The minimum Gasteiger partial charge on any atom is -0.396 e. The minimum absolute atomic E-state index is 0.0294. The van der Waals surface area contributed by atoms with E-state index >= 15 is 0 Å². The van der Waals surface area contributed by atoms with Crippen molar-refractivity contribution in [2.24, 2.45) is 5.73 Å². The van der Waals surface area contributed by atoms with Crippen LogP contribution in [0.1, 0.15) is 12.6 Å². The van der Waals surface area contributed by atoms with E-state index in [9.17, 15) is 14.3 Å². The fourth-order valence-electron chi connectivity index (χ4n) is 2.44. The van der Waals surface area contributed by atoms with Crippen molar-refractivity contribution in [1.82, 2.24) is 9.55 Å². The van der Waals surface area contributed by atoms with Gasteiger partial charge in [0.15, 0.2) is 12.4 Å². The van der Waals surface area contributed by atoms with Crippen molar-refractivity contribution >= 4 is 5.82 Å². The van der Waals surface area contributed by atoms with Gasteiger partial charge in [-0.05, 0) is 6.07 Å². The average Bonchev–Trinajstić information content (AvgIpc) is 2.73. The highest BCUT2D eigenvalue weighted by Crippen LogP contribution is 2.39. The molecular weight excluding hydrogens is 283 g/mol. The molecule has 21 heavy (non-hydrogen) atoms. The van der Waals surface area contributed by atoms with Crippen molar-refractivity contribution in [3.05, 3.63) is 22.7 Å². The van der Waals surface area contributed by atoms with Crippen LogP contribution in [0, 0.1) is 0 Å². The summed E-state index contributed by atoms with van der Waals surface area (Å²) in [4.78, 5) is 15.6. The fraction of sp³-hybridized carbons (Fsp3) is 0.667. The maximum absolute atomic E-state index is 14.3. The van der Waals surface area contributed by atoms with E-state index < -0.39 is 29.8 Å². The Kier molecular flexibility index (Phi) is 4.57. The van der Waals surface area contributed by atoms with Crippen molar-refractivity contribution in [3.63, 3.8) is 0 Å². The first kappa shape index (κ1) is 15.8. The monoisotopic (exact) mass is 302 g/mol. The highest BCUT2D eigenvalue weighted by molar-refractivity contribution is 5.30. The number of nitrogens with zero attached hydrogens (tertiary/aromatic N) is 2. The second-order valence-electron chi connectivity index (χ2n) is 4.89. The maximum Gasteiger partial charge on any atom is 0.351 e. The molecule has 1 aliphatic rings. The molecule has 4 atom stereocenters. The molecule has 0 radical (unpaired) electrons. The zero-order valence-corrected chi connectivity index (χ0v) is 11.6. The summed E-state index contributed by atoms with van der Waals surface area (Å²) in [6.07, 6.45) is -3.41. The van der Waals surface area contributed by atoms with E-state index in [1.165, 1.54) is 12.3 Å². The van der Waals surface area contributed by atoms with E-state index in [1.54, 1.807) is 7.05 Å². The molecule has 1 saturated heterocycles. The van der Waals surface area contributed by atoms with Crippen LogP contribution in [0.4, 0.5) is 10.2 Å². The van der Waals surface area contributed by atoms with E-state index in [1.807, 2.05) is 0 Å². The summed E-state index contributed by atoms with van der Waals surface area (Å²) in [5, 5.41) is 21.8. The number of nitrogens with one attached hydrogen (secondary N) is 1. The van der Waals surface area contributed by atoms with E-state index in [-0.39, 0.29) is 19.6 Å². The van der Waals surface area contributed by atoms with Crippen molar-refractivity contribution in [3.8, 4) is 0 Å². The number of hydrogen-bond acceptors (Lipinski definition) is 7. The smallest absolute Gasteiger partial charge is 0.351 e. The lowest BCUT2D eigenvalue weighted by Crippen LogP contribution is -2.49. The van der Waals surface area contributed by atoms with Gasteiger partial charge in [-0.15, -0.1) is 0 Å². The molecule has 0 bridgehead atoms. The molecule has 8 nitrogen and oxygen atoms in total. The van der Waals surface area contributed by atoms with E-state index in [2.05, 4.69) is 10.3 Å².